The predicted octanol–water partition coefficient (Wildman–Crippen LogP) is 4.93. The molecule has 0 radical (unpaired) electrons. The van der Waals surface area contributed by atoms with Gasteiger partial charge in [-0.1, -0.05) is 45.0 Å². The normalized spacial score (nSPS) is 11.4. The van der Waals surface area contributed by atoms with Gasteiger partial charge in [0.25, 0.3) is 0 Å². The summed E-state index contributed by atoms with van der Waals surface area (Å²) in [6, 6.07) is 16.3. The van der Waals surface area contributed by atoms with Crippen molar-refractivity contribution in [2.45, 2.75) is 45.6 Å². The molecule has 112 valence electrons. The molecule has 21 heavy (non-hydrogen) atoms. The van der Waals surface area contributed by atoms with E-state index in [9.17, 15) is 0 Å². The minimum Gasteiger partial charge on any atom is -0.489 e. The molecule has 0 unspecified atom stereocenters. The number of ether oxygens (including phenoxy) is 1. The number of rotatable bonds is 6. The molecule has 0 saturated carbocycles. The lowest BCUT2D eigenvalue weighted by molar-refractivity contribution is 0.306. The third-order valence-corrected chi connectivity index (χ3v) is 4.47. The van der Waals surface area contributed by atoms with E-state index in [1.54, 1.807) is 0 Å². The van der Waals surface area contributed by atoms with Gasteiger partial charge in [-0.05, 0) is 53.6 Å². The van der Waals surface area contributed by atoms with E-state index < -0.39 is 0 Å². The quantitative estimate of drug-likeness (QED) is 0.763. The van der Waals surface area contributed by atoms with Crippen LogP contribution in [-0.4, -0.2) is 0 Å². The van der Waals surface area contributed by atoms with Crippen LogP contribution in [0.15, 0.2) is 48.5 Å². The number of hydrogen-bond acceptors (Lipinski definition) is 2. The zero-order chi connectivity index (χ0) is 15.3. The minimum absolute atomic E-state index is 0.256. The van der Waals surface area contributed by atoms with Crippen molar-refractivity contribution in [3.63, 3.8) is 0 Å². The van der Waals surface area contributed by atoms with Crippen LogP contribution < -0.4 is 10.5 Å². The highest BCUT2D eigenvalue weighted by Crippen LogP contribution is 2.32. The van der Waals surface area contributed by atoms with Crippen LogP contribution in [0.25, 0.3) is 0 Å². The Morgan fingerprint density at radius 1 is 1.00 bits per heavy atom. The summed E-state index contributed by atoms with van der Waals surface area (Å²) >= 11 is 0. The second-order valence-corrected chi connectivity index (χ2v) is 5.83. The summed E-state index contributed by atoms with van der Waals surface area (Å²) in [5.41, 5.74) is 9.27. The Balaban J connectivity index is 2.03. The van der Waals surface area contributed by atoms with Gasteiger partial charge in [0.1, 0.15) is 12.4 Å². The number of nitrogen functional groups attached to an aromatic ring is 1. The first kappa shape index (κ1) is 15.4. The number of hydrogen-bond donors (Lipinski definition) is 1. The second-order valence-electron chi connectivity index (χ2n) is 5.83. The minimum atomic E-state index is 0.256. The van der Waals surface area contributed by atoms with Crippen molar-refractivity contribution < 1.29 is 4.74 Å². The van der Waals surface area contributed by atoms with Gasteiger partial charge >= 0.3 is 0 Å². The molecule has 0 aliphatic heterocycles. The van der Waals surface area contributed by atoms with Gasteiger partial charge in [-0.3, -0.25) is 0 Å². The zero-order valence-electron chi connectivity index (χ0n) is 13.2. The molecule has 0 atom stereocenters. The van der Waals surface area contributed by atoms with Gasteiger partial charge < -0.3 is 10.5 Å². The van der Waals surface area contributed by atoms with Gasteiger partial charge in [0.15, 0.2) is 0 Å². The number of anilines is 1. The molecule has 0 saturated heterocycles. The third kappa shape index (κ3) is 3.78. The highest BCUT2D eigenvalue weighted by Gasteiger charge is 2.21. The average Bonchev–Trinajstić information content (AvgIpc) is 2.53. The van der Waals surface area contributed by atoms with Crippen LogP contribution in [0.5, 0.6) is 5.75 Å². The Morgan fingerprint density at radius 3 is 2.24 bits per heavy atom. The molecule has 2 aromatic rings. The summed E-state index contributed by atoms with van der Waals surface area (Å²) in [6.45, 7) is 7.35. The molecule has 0 amide bonds. The van der Waals surface area contributed by atoms with Crippen LogP contribution >= 0.6 is 0 Å². The molecule has 0 fully saturated rings. The predicted molar refractivity (Wildman–Crippen MR) is 89.6 cm³/mol. The van der Waals surface area contributed by atoms with Crippen molar-refractivity contribution in [1.82, 2.24) is 0 Å². The van der Waals surface area contributed by atoms with Crippen molar-refractivity contribution in [1.29, 1.82) is 0 Å². The van der Waals surface area contributed by atoms with Crippen LogP contribution in [0.1, 0.15) is 44.7 Å². The Morgan fingerprint density at radius 2 is 1.67 bits per heavy atom. The molecule has 2 rings (SSSR count). The smallest absolute Gasteiger partial charge is 0.119 e. The molecule has 0 aromatic heterocycles. The monoisotopic (exact) mass is 283 g/mol. The molecule has 2 aromatic carbocycles. The van der Waals surface area contributed by atoms with Crippen LogP contribution in [0.3, 0.4) is 0 Å². The molecule has 2 heteroatoms. The van der Waals surface area contributed by atoms with Gasteiger partial charge in [0.05, 0.1) is 0 Å². The van der Waals surface area contributed by atoms with E-state index in [1.165, 1.54) is 5.56 Å². The van der Waals surface area contributed by atoms with Gasteiger partial charge in [-0.2, -0.15) is 0 Å². The van der Waals surface area contributed by atoms with Crippen LogP contribution in [0.4, 0.5) is 5.69 Å². The average molecular weight is 283 g/mol. The Labute approximate surface area is 127 Å². The van der Waals surface area contributed by atoms with Crippen molar-refractivity contribution in [2.75, 3.05) is 5.73 Å². The first-order chi connectivity index (χ1) is 10.1. The van der Waals surface area contributed by atoms with Crippen molar-refractivity contribution in [2.24, 2.45) is 0 Å². The summed E-state index contributed by atoms with van der Waals surface area (Å²) in [7, 11) is 0. The molecule has 0 heterocycles. The first-order valence-corrected chi connectivity index (χ1v) is 7.65. The molecule has 0 aliphatic rings. The number of benzene rings is 2. The van der Waals surface area contributed by atoms with Gasteiger partial charge in [-0.15, -0.1) is 0 Å². The largest absolute Gasteiger partial charge is 0.489 e. The third-order valence-electron chi connectivity index (χ3n) is 4.47. The van der Waals surface area contributed by atoms with E-state index in [1.807, 2.05) is 24.3 Å². The van der Waals surface area contributed by atoms with E-state index >= 15 is 0 Å². The Hall–Kier alpha value is -1.96. The van der Waals surface area contributed by atoms with E-state index in [0.29, 0.717) is 6.61 Å². The molecular weight excluding hydrogens is 258 g/mol. The lowest BCUT2D eigenvalue weighted by Crippen LogP contribution is -2.19. The maximum absolute atomic E-state index is 5.83. The van der Waals surface area contributed by atoms with Crippen molar-refractivity contribution in [3.8, 4) is 5.75 Å². The highest BCUT2D eigenvalue weighted by molar-refractivity contribution is 5.40. The fourth-order valence-electron chi connectivity index (χ4n) is 2.46. The Bertz CT molecular complexity index is 570. The molecule has 0 spiro atoms. The Kier molecular flexibility index (Phi) is 4.89. The fraction of sp³-hybridized carbons (Fsp3) is 0.368. The summed E-state index contributed by atoms with van der Waals surface area (Å²) in [6.07, 6.45) is 2.29. The zero-order valence-corrected chi connectivity index (χ0v) is 13.2. The van der Waals surface area contributed by atoms with Gasteiger partial charge in [-0.25, -0.2) is 0 Å². The van der Waals surface area contributed by atoms with Crippen LogP contribution in [-0.2, 0) is 12.0 Å². The van der Waals surface area contributed by atoms with Crippen molar-refractivity contribution >= 4 is 5.69 Å². The summed E-state index contributed by atoms with van der Waals surface area (Å²) in [5, 5.41) is 0. The SMILES string of the molecule is CCC(C)(CC)c1ccc(OCc2cccc(N)c2)cc1. The number of nitrogens with two attached hydrogens (primary N) is 1. The van der Waals surface area contributed by atoms with E-state index in [-0.39, 0.29) is 5.41 Å². The summed E-state index contributed by atoms with van der Waals surface area (Å²) in [5.74, 6) is 0.899. The van der Waals surface area contributed by atoms with Crippen LogP contribution in [0.2, 0.25) is 0 Å². The maximum atomic E-state index is 5.83. The lowest BCUT2D eigenvalue weighted by atomic mass is 9.78. The standard InChI is InChI=1S/C19H25NO/c1-4-19(3,5-2)16-9-11-18(12-10-16)21-14-15-7-6-8-17(20)13-15/h6-13H,4-5,14,20H2,1-3H3. The summed E-state index contributed by atoms with van der Waals surface area (Å²) < 4.78 is 5.83. The molecule has 0 aliphatic carbocycles. The first-order valence-electron chi connectivity index (χ1n) is 7.65. The topological polar surface area (TPSA) is 35.2 Å². The van der Waals surface area contributed by atoms with Crippen LogP contribution in [0, 0.1) is 0 Å². The fourth-order valence-corrected chi connectivity index (χ4v) is 2.46. The van der Waals surface area contributed by atoms with E-state index in [0.717, 1.165) is 29.8 Å². The maximum Gasteiger partial charge on any atom is 0.119 e. The second kappa shape index (κ2) is 6.66. The molecule has 2 N–H and O–H groups in total. The van der Waals surface area contributed by atoms with Gasteiger partial charge in [0.2, 0.25) is 0 Å². The van der Waals surface area contributed by atoms with Crippen molar-refractivity contribution in [3.05, 3.63) is 59.7 Å². The van der Waals surface area contributed by atoms with E-state index in [2.05, 4.69) is 45.0 Å². The highest BCUT2D eigenvalue weighted by atomic mass is 16.5. The molecule has 2 nitrogen and oxygen atoms in total. The lowest BCUT2D eigenvalue weighted by Gasteiger charge is -2.27. The molecule has 0 bridgehead atoms. The van der Waals surface area contributed by atoms with E-state index in [4.69, 9.17) is 10.5 Å². The molecular formula is C19H25NO. The summed E-state index contributed by atoms with van der Waals surface area (Å²) in [4.78, 5) is 0. The van der Waals surface area contributed by atoms with Gasteiger partial charge in [0, 0.05) is 5.69 Å².